The van der Waals surface area contributed by atoms with Crippen molar-refractivity contribution in [2.75, 3.05) is 13.9 Å². The summed E-state index contributed by atoms with van der Waals surface area (Å²) in [6.07, 6.45) is 8.90. The Morgan fingerprint density at radius 3 is 2.89 bits per heavy atom. The van der Waals surface area contributed by atoms with Gasteiger partial charge in [-0.1, -0.05) is 12.2 Å². The summed E-state index contributed by atoms with van der Waals surface area (Å²) in [5, 5.41) is 1.71. The number of H-pyrrole nitrogens is 1. The molecule has 1 aromatic heterocycles. The van der Waals surface area contributed by atoms with E-state index in [4.69, 9.17) is 14.2 Å². The van der Waals surface area contributed by atoms with Crippen molar-refractivity contribution >= 4 is 30.1 Å². The van der Waals surface area contributed by atoms with E-state index in [0.29, 0.717) is 22.6 Å². The number of benzene rings is 1. The summed E-state index contributed by atoms with van der Waals surface area (Å²) in [4.78, 5) is 32.5. The SMILES string of the molecule is COC(=O)C(N=Cc1ccc2c(c1)OCO2)C(=O)c1c[nH]c2c1=CCCC=2. The Balaban J connectivity index is 1.65. The maximum atomic E-state index is 13.0. The number of fused-ring (bicyclic) bond motifs is 2. The molecule has 2 aromatic rings. The zero-order chi connectivity index (χ0) is 18.8. The molecule has 1 aliphatic heterocycles. The molecule has 1 aliphatic carbocycles. The van der Waals surface area contributed by atoms with Gasteiger partial charge in [-0.15, -0.1) is 0 Å². The van der Waals surface area contributed by atoms with Crippen LogP contribution in [0, 0.1) is 0 Å². The lowest BCUT2D eigenvalue weighted by Gasteiger charge is -2.09. The third kappa shape index (κ3) is 3.23. The van der Waals surface area contributed by atoms with E-state index in [9.17, 15) is 9.59 Å². The van der Waals surface area contributed by atoms with Crippen LogP contribution in [0.5, 0.6) is 11.5 Å². The first kappa shape index (κ1) is 17.1. The number of hydrogen-bond acceptors (Lipinski definition) is 6. The molecular weight excluding hydrogens is 348 g/mol. The maximum Gasteiger partial charge on any atom is 0.338 e. The van der Waals surface area contributed by atoms with Gasteiger partial charge < -0.3 is 19.2 Å². The van der Waals surface area contributed by atoms with Crippen molar-refractivity contribution in [3.63, 3.8) is 0 Å². The van der Waals surface area contributed by atoms with Crippen molar-refractivity contribution in [2.45, 2.75) is 18.9 Å². The van der Waals surface area contributed by atoms with Gasteiger partial charge in [-0.05, 0) is 36.6 Å². The van der Waals surface area contributed by atoms with E-state index in [2.05, 4.69) is 9.98 Å². The molecule has 0 radical (unpaired) electrons. The number of rotatable bonds is 5. The van der Waals surface area contributed by atoms with E-state index < -0.39 is 17.8 Å². The maximum absolute atomic E-state index is 13.0. The lowest BCUT2D eigenvalue weighted by Crippen LogP contribution is -2.35. The average molecular weight is 366 g/mol. The molecule has 0 amide bonds. The van der Waals surface area contributed by atoms with Gasteiger partial charge in [0.25, 0.3) is 0 Å². The van der Waals surface area contributed by atoms with E-state index >= 15 is 0 Å². The van der Waals surface area contributed by atoms with Crippen molar-refractivity contribution in [3.05, 3.63) is 46.1 Å². The minimum Gasteiger partial charge on any atom is -0.467 e. The summed E-state index contributed by atoms with van der Waals surface area (Å²) in [5.74, 6) is 0.151. The highest BCUT2D eigenvalue weighted by Crippen LogP contribution is 2.32. The van der Waals surface area contributed by atoms with Gasteiger partial charge in [0.1, 0.15) is 0 Å². The molecule has 0 spiro atoms. The number of aliphatic imine (C=N–C) groups is 1. The Bertz CT molecular complexity index is 1050. The fraction of sp³-hybridized carbons (Fsp3) is 0.250. The van der Waals surface area contributed by atoms with Gasteiger partial charge in [0.2, 0.25) is 18.6 Å². The van der Waals surface area contributed by atoms with Crippen LogP contribution < -0.4 is 20.0 Å². The summed E-state index contributed by atoms with van der Waals surface area (Å²) in [6, 6.07) is 4.00. The predicted octanol–water partition coefficient (Wildman–Crippen LogP) is 0.942. The van der Waals surface area contributed by atoms with Crippen molar-refractivity contribution in [1.29, 1.82) is 0 Å². The second-order valence-corrected chi connectivity index (χ2v) is 6.20. The summed E-state index contributed by atoms with van der Waals surface area (Å²) in [5.41, 5.74) is 1.14. The molecule has 1 atom stereocenters. The molecule has 0 saturated heterocycles. The number of ether oxygens (including phenoxy) is 3. The summed E-state index contributed by atoms with van der Waals surface area (Å²) in [6.45, 7) is 0.172. The molecule has 138 valence electrons. The molecule has 4 rings (SSSR count). The van der Waals surface area contributed by atoms with Gasteiger partial charge in [0.15, 0.2) is 11.5 Å². The fourth-order valence-corrected chi connectivity index (χ4v) is 3.15. The Labute approximate surface area is 155 Å². The minimum atomic E-state index is -1.27. The highest BCUT2D eigenvalue weighted by molar-refractivity contribution is 6.13. The molecule has 7 nitrogen and oxygen atoms in total. The van der Waals surface area contributed by atoms with Gasteiger partial charge >= 0.3 is 5.97 Å². The van der Waals surface area contributed by atoms with Gasteiger partial charge in [0, 0.05) is 28.5 Å². The molecule has 7 heteroatoms. The molecule has 2 heterocycles. The molecule has 1 N–H and O–H groups in total. The van der Waals surface area contributed by atoms with Crippen LogP contribution in [0.15, 0.2) is 29.4 Å². The Hall–Kier alpha value is -3.35. The van der Waals surface area contributed by atoms with Gasteiger partial charge in [-0.25, -0.2) is 4.79 Å². The number of Topliss-reactive ketones (excluding diaryl/α,β-unsaturated/α-hetero) is 1. The molecule has 0 saturated carbocycles. The summed E-state index contributed by atoms with van der Waals surface area (Å²) < 4.78 is 15.4. The second kappa shape index (κ2) is 7.11. The summed E-state index contributed by atoms with van der Waals surface area (Å²) in [7, 11) is 1.24. The highest BCUT2D eigenvalue weighted by Gasteiger charge is 2.29. The van der Waals surface area contributed by atoms with Crippen LogP contribution in [0.2, 0.25) is 0 Å². The zero-order valence-corrected chi connectivity index (χ0v) is 14.7. The van der Waals surface area contributed by atoms with E-state index in [0.717, 1.165) is 23.4 Å². The van der Waals surface area contributed by atoms with E-state index in [-0.39, 0.29) is 6.79 Å². The normalized spacial score (nSPS) is 15.6. The van der Waals surface area contributed by atoms with Crippen molar-refractivity contribution < 1.29 is 23.8 Å². The zero-order valence-electron chi connectivity index (χ0n) is 14.7. The van der Waals surface area contributed by atoms with E-state index in [1.807, 2.05) is 12.2 Å². The smallest absolute Gasteiger partial charge is 0.338 e. The fourth-order valence-electron chi connectivity index (χ4n) is 3.15. The number of methoxy groups -OCH3 is 1. The Morgan fingerprint density at radius 1 is 1.22 bits per heavy atom. The number of nitrogens with one attached hydrogen (secondary N) is 1. The van der Waals surface area contributed by atoms with Crippen LogP contribution in [-0.4, -0.2) is 42.9 Å². The van der Waals surface area contributed by atoms with E-state index in [1.165, 1.54) is 13.3 Å². The predicted molar refractivity (Wildman–Crippen MR) is 98.5 cm³/mol. The van der Waals surface area contributed by atoms with Crippen LogP contribution >= 0.6 is 0 Å². The Morgan fingerprint density at radius 2 is 2.04 bits per heavy atom. The molecule has 0 fully saturated rings. The molecule has 1 unspecified atom stereocenters. The molecule has 2 aliphatic rings. The minimum absolute atomic E-state index is 0.172. The van der Waals surface area contributed by atoms with Crippen LogP contribution in [0.3, 0.4) is 0 Å². The van der Waals surface area contributed by atoms with Gasteiger partial charge in [-0.3, -0.25) is 9.79 Å². The van der Waals surface area contributed by atoms with Crippen LogP contribution in [0.4, 0.5) is 0 Å². The number of hydrogen-bond donors (Lipinski definition) is 1. The third-order valence-electron chi connectivity index (χ3n) is 4.52. The first-order chi connectivity index (χ1) is 13.2. The van der Waals surface area contributed by atoms with Crippen molar-refractivity contribution in [1.82, 2.24) is 4.98 Å². The number of carbonyl (C=O) groups excluding carboxylic acids is 2. The van der Waals surface area contributed by atoms with Crippen LogP contribution in [0.25, 0.3) is 12.2 Å². The number of aromatic amines is 1. The quantitative estimate of drug-likeness (QED) is 0.368. The van der Waals surface area contributed by atoms with Crippen molar-refractivity contribution in [3.8, 4) is 11.5 Å². The summed E-state index contributed by atoms with van der Waals surface area (Å²) >= 11 is 0. The largest absolute Gasteiger partial charge is 0.467 e. The lowest BCUT2D eigenvalue weighted by atomic mass is 10.0. The van der Waals surface area contributed by atoms with Crippen molar-refractivity contribution in [2.24, 2.45) is 4.99 Å². The van der Waals surface area contributed by atoms with Crippen LogP contribution in [0.1, 0.15) is 28.8 Å². The monoisotopic (exact) mass is 366 g/mol. The van der Waals surface area contributed by atoms with Gasteiger partial charge in [-0.2, -0.15) is 0 Å². The lowest BCUT2D eigenvalue weighted by molar-refractivity contribution is -0.140. The second-order valence-electron chi connectivity index (χ2n) is 6.20. The number of nitrogens with zero attached hydrogens (tertiary/aromatic N) is 1. The molecular formula is C20H18N2O5. The molecule has 1 aromatic carbocycles. The number of esters is 1. The average Bonchev–Trinajstić information content (AvgIpc) is 3.34. The van der Waals surface area contributed by atoms with Gasteiger partial charge in [0.05, 0.1) is 7.11 Å². The third-order valence-corrected chi connectivity index (χ3v) is 4.52. The highest BCUT2D eigenvalue weighted by atomic mass is 16.7. The van der Waals surface area contributed by atoms with Crippen LogP contribution in [-0.2, 0) is 9.53 Å². The number of aromatic nitrogens is 1. The van der Waals surface area contributed by atoms with E-state index in [1.54, 1.807) is 24.4 Å². The first-order valence-corrected chi connectivity index (χ1v) is 8.60. The topological polar surface area (TPSA) is 90.0 Å². The molecule has 27 heavy (non-hydrogen) atoms. The molecule has 0 bridgehead atoms. The number of carbonyl (C=O) groups is 2. The first-order valence-electron chi connectivity index (χ1n) is 8.60. The Kier molecular flexibility index (Phi) is 4.50. The number of ketones is 1. The standard InChI is InChI=1S/C20H18N2O5/c1-25-20(24)18(19(23)14-10-21-15-5-3-2-4-13(14)15)22-9-12-6-7-16-17(8-12)27-11-26-16/h4-10,18,21H,2-3,11H2,1H3.